The summed E-state index contributed by atoms with van der Waals surface area (Å²) in [6.45, 7) is 0. The Morgan fingerprint density at radius 1 is 1.06 bits per heavy atom. The molecule has 3 N–H and O–H groups in total. The maximum atomic E-state index is 12.5. The number of aliphatic carboxylic acids is 1. The molecular formula is C22H24N2O6S. The summed E-state index contributed by atoms with van der Waals surface area (Å²) in [4.78, 5) is 23.4. The molecule has 1 fully saturated rings. The lowest BCUT2D eigenvalue weighted by molar-refractivity contribution is -0.142. The van der Waals surface area contributed by atoms with E-state index in [0.717, 1.165) is 6.42 Å². The van der Waals surface area contributed by atoms with Gasteiger partial charge >= 0.3 is 5.97 Å². The molecule has 1 aliphatic rings. The Kier molecular flexibility index (Phi) is 6.96. The van der Waals surface area contributed by atoms with Gasteiger partial charge in [-0.15, -0.1) is 0 Å². The van der Waals surface area contributed by atoms with Gasteiger partial charge in [-0.25, -0.2) is 8.42 Å². The minimum atomic E-state index is -3.76. The average molecular weight is 445 g/mol. The second-order valence-corrected chi connectivity index (χ2v) is 8.91. The molecule has 31 heavy (non-hydrogen) atoms. The smallest absolute Gasteiger partial charge is 0.308 e. The van der Waals surface area contributed by atoms with Gasteiger partial charge in [-0.3, -0.25) is 14.3 Å². The second-order valence-electron chi connectivity index (χ2n) is 7.23. The van der Waals surface area contributed by atoms with E-state index >= 15 is 0 Å². The van der Waals surface area contributed by atoms with Crippen LogP contribution in [0.15, 0.2) is 59.5 Å². The van der Waals surface area contributed by atoms with Crippen molar-refractivity contribution in [2.45, 2.75) is 30.2 Å². The van der Waals surface area contributed by atoms with E-state index in [4.69, 9.17) is 4.74 Å². The number of carbonyl (C=O) groups excluding carboxylic acids is 1. The third kappa shape index (κ3) is 5.85. The zero-order valence-electron chi connectivity index (χ0n) is 16.9. The van der Waals surface area contributed by atoms with Gasteiger partial charge in [0.2, 0.25) is 5.91 Å². The Hall–Kier alpha value is -3.33. The maximum absolute atomic E-state index is 12.5. The largest absolute Gasteiger partial charge is 0.497 e. The number of sulfonamides is 1. The van der Waals surface area contributed by atoms with Gasteiger partial charge in [0, 0.05) is 17.8 Å². The van der Waals surface area contributed by atoms with E-state index in [9.17, 15) is 23.1 Å². The monoisotopic (exact) mass is 444 g/mol. The first-order chi connectivity index (χ1) is 14.8. The standard InChI is InChI=1S/C22H24N2O6S/c1-30-17-10-8-16(9-11-17)24-31(28,29)18-12-5-15(6-13-18)7-14-21(25)23-20-4-2-3-19(20)22(26)27/h5-14,19-20,24H,2-4H2,1H3,(H,23,25)(H,26,27). The van der Waals surface area contributed by atoms with Gasteiger partial charge in [-0.1, -0.05) is 18.6 Å². The zero-order valence-corrected chi connectivity index (χ0v) is 17.8. The molecule has 1 saturated carbocycles. The number of anilines is 1. The summed E-state index contributed by atoms with van der Waals surface area (Å²) in [6.07, 6.45) is 4.84. The molecule has 0 spiro atoms. The highest BCUT2D eigenvalue weighted by atomic mass is 32.2. The van der Waals surface area contributed by atoms with Gasteiger partial charge < -0.3 is 15.2 Å². The van der Waals surface area contributed by atoms with Gasteiger partial charge in [0.05, 0.1) is 17.9 Å². The topological polar surface area (TPSA) is 122 Å². The number of carboxylic acid groups (broad SMARTS) is 1. The van der Waals surface area contributed by atoms with Crippen LogP contribution in [0.2, 0.25) is 0 Å². The Balaban J connectivity index is 1.61. The summed E-state index contributed by atoms with van der Waals surface area (Å²) in [6, 6.07) is 12.2. The van der Waals surface area contributed by atoms with Gasteiger partial charge in [-0.05, 0) is 60.9 Å². The lowest BCUT2D eigenvalue weighted by Gasteiger charge is -2.16. The lowest BCUT2D eigenvalue weighted by Crippen LogP contribution is -2.39. The highest BCUT2D eigenvalue weighted by Crippen LogP contribution is 2.26. The molecule has 0 heterocycles. The van der Waals surface area contributed by atoms with Crippen LogP contribution in [0.4, 0.5) is 5.69 Å². The molecule has 0 aliphatic heterocycles. The first-order valence-electron chi connectivity index (χ1n) is 9.77. The summed E-state index contributed by atoms with van der Waals surface area (Å²) < 4.78 is 32.6. The molecule has 2 aromatic carbocycles. The van der Waals surface area contributed by atoms with Gasteiger partial charge in [0.1, 0.15) is 5.75 Å². The Morgan fingerprint density at radius 3 is 2.35 bits per heavy atom. The number of hydrogen-bond acceptors (Lipinski definition) is 5. The Labute approximate surface area is 181 Å². The molecule has 2 atom stereocenters. The fourth-order valence-electron chi connectivity index (χ4n) is 3.46. The quantitative estimate of drug-likeness (QED) is 0.538. The minimum Gasteiger partial charge on any atom is -0.497 e. The molecule has 164 valence electrons. The molecular weight excluding hydrogens is 420 g/mol. The van der Waals surface area contributed by atoms with Crippen LogP contribution in [-0.2, 0) is 19.6 Å². The van der Waals surface area contributed by atoms with Crippen LogP contribution in [0.25, 0.3) is 6.08 Å². The number of carbonyl (C=O) groups is 2. The number of carboxylic acids is 1. The predicted molar refractivity (Wildman–Crippen MR) is 116 cm³/mol. The summed E-state index contributed by atoms with van der Waals surface area (Å²) in [7, 11) is -2.23. The fourth-order valence-corrected chi connectivity index (χ4v) is 4.52. The van der Waals surface area contributed by atoms with Crippen molar-refractivity contribution in [1.29, 1.82) is 0 Å². The van der Waals surface area contributed by atoms with Crippen molar-refractivity contribution in [1.82, 2.24) is 5.32 Å². The number of amides is 1. The van der Waals surface area contributed by atoms with E-state index in [2.05, 4.69) is 10.0 Å². The van der Waals surface area contributed by atoms with E-state index < -0.39 is 21.9 Å². The summed E-state index contributed by atoms with van der Waals surface area (Å²) >= 11 is 0. The number of hydrogen-bond donors (Lipinski definition) is 3. The van der Waals surface area contributed by atoms with E-state index in [0.29, 0.717) is 29.8 Å². The molecule has 9 heteroatoms. The number of benzene rings is 2. The van der Waals surface area contributed by atoms with Crippen LogP contribution in [0, 0.1) is 5.92 Å². The van der Waals surface area contributed by atoms with Crippen molar-refractivity contribution in [3.63, 3.8) is 0 Å². The molecule has 0 saturated heterocycles. The van der Waals surface area contributed by atoms with Crippen molar-refractivity contribution in [2.75, 3.05) is 11.8 Å². The van der Waals surface area contributed by atoms with Crippen LogP contribution < -0.4 is 14.8 Å². The van der Waals surface area contributed by atoms with Crippen LogP contribution in [0.1, 0.15) is 24.8 Å². The third-order valence-corrected chi connectivity index (χ3v) is 6.52. The van der Waals surface area contributed by atoms with Gasteiger partial charge in [-0.2, -0.15) is 0 Å². The Bertz CT molecular complexity index is 1060. The summed E-state index contributed by atoms with van der Waals surface area (Å²) in [5, 5.41) is 11.9. The summed E-state index contributed by atoms with van der Waals surface area (Å²) in [5.41, 5.74) is 1.05. The number of ether oxygens (including phenoxy) is 1. The van der Waals surface area contributed by atoms with Crippen molar-refractivity contribution < 1.29 is 27.9 Å². The van der Waals surface area contributed by atoms with Crippen LogP contribution in [0.5, 0.6) is 5.75 Å². The number of rotatable bonds is 8. The SMILES string of the molecule is COc1ccc(NS(=O)(=O)c2ccc(C=CC(=O)NC3CCCC3C(=O)O)cc2)cc1. The third-order valence-electron chi connectivity index (χ3n) is 5.12. The van der Waals surface area contributed by atoms with Gasteiger partial charge in [0.25, 0.3) is 10.0 Å². The van der Waals surface area contributed by atoms with E-state index in [1.54, 1.807) is 42.5 Å². The highest BCUT2D eigenvalue weighted by molar-refractivity contribution is 7.92. The van der Waals surface area contributed by atoms with E-state index in [1.807, 2.05) is 0 Å². The average Bonchev–Trinajstić information content (AvgIpc) is 3.21. The minimum absolute atomic E-state index is 0.0835. The predicted octanol–water partition coefficient (Wildman–Crippen LogP) is 2.88. The van der Waals surface area contributed by atoms with E-state index in [-0.39, 0.29) is 16.8 Å². The first kappa shape index (κ1) is 22.4. The normalized spacial score (nSPS) is 18.6. The zero-order chi connectivity index (χ0) is 22.4. The molecule has 0 bridgehead atoms. The van der Waals surface area contributed by atoms with Crippen molar-refractivity contribution in [2.24, 2.45) is 5.92 Å². The molecule has 2 unspecified atom stereocenters. The molecule has 0 aromatic heterocycles. The molecule has 1 amide bonds. The molecule has 8 nitrogen and oxygen atoms in total. The number of methoxy groups -OCH3 is 1. The van der Waals surface area contributed by atoms with Crippen LogP contribution in [0.3, 0.4) is 0 Å². The fraction of sp³-hybridized carbons (Fsp3) is 0.273. The van der Waals surface area contributed by atoms with E-state index in [1.165, 1.54) is 25.3 Å². The second kappa shape index (κ2) is 9.65. The van der Waals surface area contributed by atoms with Crippen molar-refractivity contribution in [3.8, 4) is 5.75 Å². The van der Waals surface area contributed by atoms with Crippen LogP contribution >= 0.6 is 0 Å². The molecule has 2 aromatic rings. The van der Waals surface area contributed by atoms with Crippen LogP contribution in [-0.4, -0.2) is 38.6 Å². The number of nitrogens with one attached hydrogen (secondary N) is 2. The van der Waals surface area contributed by atoms with Crippen molar-refractivity contribution in [3.05, 3.63) is 60.2 Å². The molecule has 1 aliphatic carbocycles. The molecule has 3 rings (SSSR count). The molecule has 0 radical (unpaired) electrons. The van der Waals surface area contributed by atoms with Crippen molar-refractivity contribution >= 4 is 33.7 Å². The lowest BCUT2D eigenvalue weighted by atomic mass is 10.0. The van der Waals surface area contributed by atoms with Gasteiger partial charge in [0.15, 0.2) is 0 Å². The maximum Gasteiger partial charge on any atom is 0.308 e. The first-order valence-corrected chi connectivity index (χ1v) is 11.2. The highest BCUT2D eigenvalue weighted by Gasteiger charge is 2.33. The Morgan fingerprint density at radius 2 is 1.74 bits per heavy atom. The summed E-state index contributed by atoms with van der Waals surface area (Å²) in [5.74, 6) is -1.21.